The highest BCUT2D eigenvalue weighted by Gasteiger charge is 2.21. The van der Waals surface area contributed by atoms with E-state index in [1.165, 1.54) is 5.56 Å². The third-order valence-corrected chi connectivity index (χ3v) is 4.76. The number of nitrogens with zero attached hydrogens (tertiary/aromatic N) is 3. The van der Waals surface area contributed by atoms with Gasteiger partial charge in [-0.05, 0) is 25.0 Å². The highest BCUT2D eigenvalue weighted by Crippen LogP contribution is 2.33. The summed E-state index contributed by atoms with van der Waals surface area (Å²) in [4.78, 5) is 10.9. The quantitative estimate of drug-likeness (QED) is 0.885. The second-order valence-corrected chi connectivity index (χ2v) is 6.49. The van der Waals surface area contributed by atoms with Crippen LogP contribution in [0.25, 0.3) is 0 Å². The SMILES string of the molecule is Cl.c1cnc(N2CCC(NCc3cccc4c3OCCCO4)CC2)nc1. The molecule has 1 aromatic heterocycles. The van der Waals surface area contributed by atoms with Crippen molar-refractivity contribution in [3.8, 4) is 11.5 Å². The van der Waals surface area contributed by atoms with Crippen LogP contribution in [-0.2, 0) is 6.54 Å². The van der Waals surface area contributed by atoms with Gasteiger partial charge in [-0.25, -0.2) is 9.97 Å². The summed E-state index contributed by atoms with van der Waals surface area (Å²) in [5, 5.41) is 3.68. The highest BCUT2D eigenvalue weighted by molar-refractivity contribution is 5.85. The summed E-state index contributed by atoms with van der Waals surface area (Å²) in [6.45, 7) is 4.21. The fraction of sp³-hybridized carbons (Fsp3) is 0.474. The molecule has 0 atom stereocenters. The highest BCUT2D eigenvalue weighted by atomic mass is 35.5. The molecule has 140 valence electrons. The van der Waals surface area contributed by atoms with Gasteiger partial charge in [-0.15, -0.1) is 12.4 Å². The number of piperidine rings is 1. The molecule has 26 heavy (non-hydrogen) atoms. The number of halogens is 1. The number of benzene rings is 1. The molecule has 0 radical (unpaired) electrons. The summed E-state index contributed by atoms with van der Waals surface area (Å²) >= 11 is 0. The Morgan fingerprint density at radius 2 is 1.81 bits per heavy atom. The van der Waals surface area contributed by atoms with Gasteiger partial charge in [0.2, 0.25) is 5.95 Å². The van der Waals surface area contributed by atoms with Crippen molar-refractivity contribution in [1.82, 2.24) is 15.3 Å². The maximum atomic E-state index is 5.90. The second kappa shape index (κ2) is 9.05. The van der Waals surface area contributed by atoms with Gasteiger partial charge < -0.3 is 19.7 Å². The largest absolute Gasteiger partial charge is 0.490 e. The van der Waals surface area contributed by atoms with Crippen LogP contribution in [-0.4, -0.2) is 42.3 Å². The normalized spacial score (nSPS) is 17.3. The third-order valence-electron chi connectivity index (χ3n) is 4.76. The van der Waals surface area contributed by atoms with Crippen molar-refractivity contribution in [1.29, 1.82) is 0 Å². The minimum absolute atomic E-state index is 0. The molecule has 2 aromatic rings. The van der Waals surface area contributed by atoms with Gasteiger partial charge in [0.25, 0.3) is 0 Å². The molecule has 0 amide bonds. The van der Waals surface area contributed by atoms with Crippen LogP contribution in [0.1, 0.15) is 24.8 Å². The number of hydrogen-bond donors (Lipinski definition) is 1. The number of para-hydroxylation sites is 1. The lowest BCUT2D eigenvalue weighted by atomic mass is 10.0. The zero-order valence-electron chi connectivity index (χ0n) is 14.8. The number of hydrogen-bond acceptors (Lipinski definition) is 6. The Balaban J connectivity index is 0.00000196. The second-order valence-electron chi connectivity index (χ2n) is 6.49. The van der Waals surface area contributed by atoms with E-state index in [0.717, 1.165) is 69.6 Å². The van der Waals surface area contributed by atoms with Gasteiger partial charge >= 0.3 is 0 Å². The Bertz CT molecular complexity index is 693. The molecule has 0 saturated carbocycles. The molecule has 0 aliphatic carbocycles. The van der Waals surface area contributed by atoms with Crippen LogP contribution < -0.4 is 19.7 Å². The Kier molecular flexibility index (Phi) is 6.52. The van der Waals surface area contributed by atoms with Crippen LogP contribution >= 0.6 is 12.4 Å². The van der Waals surface area contributed by atoms with Crippen molar-refractivity contribution in [2.24, 2.45) is 0 Å². The fourth-order valence-corrected chi connectivity index (χ4v) is 3.39. The average Bonchev–Trinajstić information content (AvgIpc) is 2.93. The van der Waals surface area contributed by atoms with Crippen molar-refractivity contribution in [2.75, 3.05) is 31.2 Å². The zero-order chi connectivity index (χ0) is 16.9. The molecule has 4 rings (SSSR count). The van der Waals surface area contributed by atoms with Crippen molar-refractivity contribution < 1.29 is 9.47 Å². The van der Waals surface area contributed by atoms with Crippen LogP contribution in [0.3, 0.4) is 0 Å². The molecule has 3 heterocycles. The Morgan fingerprint density at radius 1 is 1.04 bits per heavy atom. The van der Waals surface area contributed by atoms with Crippen LogP contribution in [0.4, 0.5) is 5.95 Å². The summed E-state index contributed by atoms with van der Waals surface area (Å²) in [6.07, 6.45) is 6.71. The van der Waals surface area contributed by atoms with Crippen molar-refractivity contribution in [3.05, 3.63) is 42.2 Å². The smallest absolute Gasteiger partial charge is 0.225 e. The lowest BCUT2D eigenvalue weighted by Gasteiger charge is -2.32. The molecule has 0 spiro atoms. The Hall–Kier alpha value is -2.05. The molecular weight excluding hydrogens is 352 g/mol. The maximum absolute atomic E-state index is 5.90. The first kappa shape index (κ1) is 18.7. The van der Waals surface area contributed by atoms with Gasteiger partial charge in [0, 0.05) is 50.1 Å². The lowest BCUT2D eigenvalue weighted by molar-refractivity contribution is 0.295. The van der Waals surface area contributed by atoms with Gasteiger partial charge in [-0.1, -0.05) is 12.1 Å². The fourth-order valence-electron chi connectivity index (χ4n) is 3.39. The molecule has 1 saturated heterocycles. The molecule has 6 nitrogen and oxygen atoms in total. The predicted octanol–water partition coefficient (Wildman–Crippen LogP) is 2.82. The summed E-state index contributed by atoms with van der Waals surface area (Å²) in [7, 11) is 0. The van der Waals surface area contributed by atoms with E-state index in [2.05, 4.69) is 26.3 Å². The summed E-state index contributed by atoms with van der Waals surface area (Å²) < 4.78 is 11.7. The zero-order valence-corrected chi connectivity index (χ0v) is 15.6. The first-order chi connectivity index (χ1) is 12.4. The molecule has 7 heteroatoms. The molecule has 0 bridgehead atoms. The standard InChI is InChI=1S/C19H24N4O2.ClH/c1-4-15(18-17(5-1)24-12-3-13-25-18)14-22-16-6-10-23(11-7-16)19-20-8-2-9-21-19;/h1-2,4-5,8-9,16,22H,3,6-7,10-14H2;1H. The summed E-state index contributed by atoms with van der Waals surface area (Å²) in [5.41, 5.74) is 1.17. The van der Waals surface area contributed by atoms with E-state index in [1.54, 1.807) is 12.4 Å². The molecule has 0 unspecified atom stereocenters. The van der Waals surface area contributed by atoms with E-state index < -0.39 is 0 Å². The molecule has 2 aliphatic heterocycles. The van der Waals surface area contributed by atoms with E-state index in [1.807, 2.05) is 18.2 Å². The number of anilines is 1. The van der Waals surface area contributed by atoms with E-state index >= 15 is 0 Å². The summed E-state index contributed by atoms with van der Waals surface area (Å²) in [5.74, 6) is 2.61. The number of nitrogens with one attached hydrogen (secondary N) is 1. The number of aromatic nitrogens is 2. The van der Waals surface area contributed by atoms with Gasteiger partial charge in [0.1, 0.15) is 0 Å². The Morgan fingerprint density at radius 3 is 2.62 bits per heavy atom. The number of fused-ring (bicyclic) bond motifs is 1. The van der Waals surface area contributed by atoms with E-state index in [0.29, 0.717) is 6.04 Å². The van der Waals surface area contributed by atoms with E-state index in [4.69, 9.17) is 9.47 Å². The van der Waals surface area contributed by atoms with Crippen LogP contribution in [0, 0.1) is 0 Å². The maximum Gasteiger partial charge on any atom is 0.225 e. The average molecular weight is 377 g/mol. The predicted molar refractivity (Wildman–Crippen MR) is 103 cm³/mol. The van der Waals surface area contributed by atoms with Crippen LogP contribution in [0.15, 0.2) is 36.7 Å². The van der Waals surface area contributed by atoms with Gasteiger partial charge in [0.15, 0.2) is 11.5 Å². The molecule has 1 N–H and O–H groups in total. The molecule has 1 fully saturated rings. The van der Waals surface area contributed by atoms with Crippen LogP contribution in [0.2, 0.25) is 0 Å². The van der Waals surface area contributed by atoms with Crippen molar-refractivity contribution in [3.63, 3.8) is 0 Å². The monoisotopic (exact) mass is 376 g/mol. The Labute approximate surface area is 160 Å². The van der Waals surface area contributed by atoms with Crippen molar-refractivity contribution in [2.45, 2.75) is 31.8 Å². The third kappa shape index (κ3) is 4.37. The summed E-state index contributed by atoms with van der Waals surface area (Å²) in [6, 6.07) is 8.50. The van der Waals surface area contributed by atoms with E-state index in [-0.39, 0.29) is 12.4 Å². The van der Waals surface area contributed by atoms with Gasteiger partial charge in [-0.3, -0.25) is 0 Å². The topological polar surface area (TPSA) is 59.5 Å². The lowest BCUT2D eigenvalue weighted by Crippen LogP contribution is -2.42. The minimum Gasteiger partial charge on any atom is -0.490 e. The van der Waals surface area contributed by atoms with Crippen molar-refractivity contribution >= 4 is 18.4 Å². The van der Waals surface area contributed by atoms with E-state index in [9.17, 15) is 0 Å². The minimum atomic E-state index is 0. The van der Waals surface area contributed by atoms with Crippen LogP contribution in [0.5, 0.6) is 11.5 Å². The molecular formula is C19H25ClN4O2. The number of rotatable bonds is 4. The first-order valence-corrected chi connectivity index (χ1v) is 9.03. The van der Waals surface area contributed by atoms with Gasteiger partial charge in [-0.2, -0.15) is 0 Å². The first-order valence-electron chi connectivity index (χ1n) is 9.03. The molecule has 1 aromatic carbocycles. The number of ether oxygens (including phenoxy) is 2. The van der Waals surface area contributed by atoms with Gasteiger partial charge in [0.05, 0.1) is 13.2 Å². The molecule has 2 aliphatic rings.